The van der Waals surface area contributed by atoms with Crippen molar-refractivity contribution in [3.8, 4) is 11.5 Å². The van der Waals surface area contributed by atoms with Crippen LogP contribution < -0.4 is 20.5 Å². The standard InChI is InChI=1S/C13H15BrN2O3/c14-9-3-8(4-10-12(9)19-6-18-10)11(13(15)17)16-5-7-1-2-7/h3-4,7,11,16H,1-2,5-6H2,(H2,15,17). The van der Waals surface area contributed by atoms with E-state index in [9.17, 15) is 4.79 Å². The van der Waals surface area contributed by atoms with Gasteiger partial charge in [-0.2, -0.15) is 0 Å². The molecule has 1 unspecified atom stereocenters. The summed E-state index contributed by atoms with van der Waals surface area (Å²) >= 11 is 3.42. The van der Waals surface area contributed by atoms with Crippen LogP contribution in [-0.2, 0) is 4.79 Å². The van der Waals surface area contributed by atoms with Crippen molar-refractivity contribution in [3.63, 3.8) is 0 Å². The third kappa shape index (κ3) is 2.69. The summed E-state index contributed by atoms with van der Waals surface area (Å²) in [5.74, 6) is 1.61. The van der Waals surface area contributed by atoms with Crippen LogP contribution in [0, 0.1) is 5.92 Å². The van der Waals surface area contributed by atoms with Crippen LogP contribution in [0.3, 0.4) is 0 Å². The van der Waals surface area contributed by atoms with E-state index in [0.29, 0.717) is 17.4 Å². The van der Waals surface area contributed by atoms with Crippen molar-refractivity contribution in [2.75, 3.05) is 13.3 Å². The first kappa shape index (κ1) is 12.7. The SMILES string of the molecule is NC(=O)C(NCC1CC1)c1cc(Br)c2c(c1)OCO2. The Labute approximate surface area is 119 Å². The number of halogens is 1. The summed E-state index contributed by atoms with van der Waals surface area (Å²) in [4.78, 5) is 11.6. The fourth-order valence-corrected chi connectivity index (χ4v) is 2.72. The molecule has 1 fully saturated rings. The third-order valence-electron chi connectivity index (χ3n) is 3.37. The van der Waals surface area contributed by atoms with Crippen molar-refractivity contribution in [1.29, 1.82) is 0 Å². The molecule has 0 radical (unpaired) electrons. The van der Waals surface area contributed by atoms with Gasteiger partial charge >= 0.3 is 0 Å². The molecule has 6 heteroatoms. The zero-order valence-electron chi connectivity index (χ0n) is 10.3. The lowest BCUT2D eigenvalue weighted by molar-refractivity contribution is -0.120. The van der Waals surface area contributed by atoms with Crippen molar-refractivity contribution >= 4 is 21.8 Å². The van der Waals surface area contributed by atoms with Gasteiger partial charge in [0.1, 0.15) is 6.04 Å². The molecule has 1 saturated carbocycles. The maximum atomic E-state index is 11.6. The van der Waals surface area contributed by atoms with Crippen molar-refractivity contribution in [2.24, 2.45) is 11.7 Å². The van der Waals surface area contributed by atoms with Gasteiger partial charge in [0.15, 0.2) is 11.5 Å². The third-order valence-corrected chi connectivity index (χ3v) is 3.96. The number of amides is 1. The number of fused-ring (bicyclic) bond motifs is 1. The van der Waals surface area contributed by atoms with Crippen LogP contribution in [0.2, 0.25) is 0 Å². The first-order valence-corrected chi connectivity index (χ1v) is 7.06. The summed E-state index contributed by atoms with van der Waals surface area (Å²) in [6.45, 7) is 1.02. The predicted octanol–water partition coefficient (Wildman–Crippen LogP) is 1.70. The van der Waals surface area contributed by atoms with Gasteiger partial charge in [-0.15, -0.1) is 0 Å². The Morgan fingerprint density at radius 1 is 1.47 bits per heavy atom. The van der Waals surface area contributed by atoms with E-state index in [0.717, 1.165) is 16.6 Å². The molecular weight excluding hydrogens is 312 g/mol. The Morgan fingerprint density at radius 3 is 2.95 bits per heavy atom. The molecule has 1 heterocycles. The van der Waals surface area contributed by atoms with E-state index >= 15 is 0 Å². The summed E-state index contributed by atoms with van der Waals surface area (Å²) in [5, 5.41) is 3.22. The van der Waals surface area contributed by atoms with Gasteiger partial charge in [-0.05, 0) is 58.9 Å². The smallest absolute Gasteiger partial charge is 0.239 e. The van der Waals surface area contributed by atoms with Gasteiger partial charge in [-0.25, -0.2) is 0 Å². The zero-order chi connectivity index (χ0) is 13.4. The molecule has 102 valence electrons. The molecule has 1 amide bonds. The molecule has 5 nitrogen and oxygen atoms in total. The van der Waals surface area contributed by atoms with E-state index in [4.69, 9.17) is 15.2 Å². The molecule has 3 rings (SSSR count). The number of carbonyl (C=O) groups excluding carboxylic acids is 1. The largest absolute Gasteiger partial charge is 0.454 e. The Bertz CT molecular complexity index is 517. The van der Waals surface area contributed by atoms with E-state index < -0.39 is 6.04 Å². The van der Waals surface area contributed by atoms with Crippen LogP contribution in [0.4, 0.5) is 0 Å². The summed E-state index contributed by atoms with van der Waals surface area (Å²) in [7, 11) is 0. The van der Waals surface area contributed by atoms with E-state index in [-0.39, 0.29) is 12.7 Å². The Morgan fingerprint density at radius 2 is 2.26 bits per heavy atom. The van der Waals surface area contributed by atoms with Gasteiger partial charge in [0, 0.05) is 0 Å². The maximum Gasteiger partial charge on any atom is 0.239 e. The Balaban J connectivity index is 1.84. The maximum absolute atomic E-state index is 11.6. The number of hydrogen-bond acceptors (Lipinski definition) is 4. The van der Waals surface area contributed by atoms with Crippen LogP contribution in [0.5, 0.6) is 11.5 Å². The topological polar surface area (TPSA) is 73.6 Å². The number of benzene rings is 1. The van der Waals surface area contributed by atoms with E-state index in [2.05, 4.69) is 21.2 Å². The molecule has 1 aliphatic heterocycles. The minimum absolute atomic E-state index is 0.203. The second-order valence-electron chi connectivity index (χ2n) is 4.92. The van der Waals surface area contributed by atoms with Gasteiger partial charge in [0.05, 0.1) is 4.47 Å². The molecule has 0 spiro atoms. The van der Waals surface area contributed by atoms with Gasteiger partial charge in [0.25, 0.3) is 0 Å². The second-order valence-corrected chi connectivity index (χ2v) is 5.78. The molecule has 1 aromatic carbocycles. The van der Waals surface area contributed by atoms with E-state index in [1.54, 1.807) is 0 Å². The molecule has 1 aliphatic carbocycles. The fraction of sp³-hybridized carbons (Fsp3) is 0.462. The molecule has 0 bridgehead atoms. The van der Waals surface area contributed by atoms with E-state index in [1.165, 1.54) is 12.8 Å². The number of nitrogens with two attached hydrogens (primary N) is 1. The molecule has 3 N–H and O–H groups in total. The van der Waals surface area contributed by atoms with Gasteiger partial charge in [-0.3, -0.25) is 4.79 Å². The molecule has 0 saturated heterocycles. The number of primary amides is 1. The molecule has 1 aromatic rings. The van der Waals surface area contributed by atoms with Crippen molar-refractivity contribution in [1.82, 2.24) is 5.32 Å². The number of nitrogens with one attached hydrogen (secondary N) is 1. The fourth-order valence-electron chi connectivity index (χ4n) is 2.14. The summed E-state index contributed by atoms with van der Waals surface area (Å²) in [6, 6.07) is 3.16. The van der Waals surface area contributed by atoms with Crippen LogP contribution in [0.1, 0.15) is 24.4 Å². The molecule has 19 heavy (non-hydrogen) atoms. The normalized spacial score (nSPS) is 18.4. The highest BCUT2D eigenvalue weighted by molar-refractivity contribution is 9.10. The highest BCUT2D eigenvalue weighted by Gasteiger charge is 2.27. The lowest BCUT2D eigenvalue weighted by atomic mass is 10.1. The summed E-state index contributed by atoms with van der Waals surface area (Å²) in [6.07, 6.45) is 2.45. The van der Waals surface area contributed by atoms with Crippen molar-refractivity contribution in [2.45, 2.75) is 18.9 Å². The number of ether oxygens (including phenoxy) is 2. The van der Waals surface area contributed by atoms with Crippen molar-refractivity contribution in [3.05, 3.63) is 22.2 Å². The highest BCUT2D eigenvalue weighted by atomic mass is 79.9. The lowest BCUT2D eigenvalue weighted by Gasteiger charge is -2.16. The molecule has 2 aliphatic rings. The van der Waals surface area contributed by atoms with Crippen LogP contribution in [-0.4, -0.2) is 19.2 Å². The lowest BCUT2D eigenvalue weighted by Crippen LogP contribution is -2.34. The Hall–Kier alpha value is -1.27. The molecule has 0 aromatic heterocycles. The zero-order valence-corrected chi connectivity index (χ0v) is 11.9. The minimum Gasteiger partial charge on any atom is -0.454 e. The average Bonchev–Trinajstić information content (AvgIpc) is 3.05. The predicted molar refractivity (Wildman–Crippen MR) is 72.9 cm³/mol. The second kappa shape index (κ2) is 5.02. The number of carbonyl (C=O) groups is 1. The van der Waals surface area contributed by atoms with Crippen LogP contribution >= 0.6 is 15.9 Å². The first-order chi connectivity index (χ1) is 9.15. The summed E-state index contributed by atoms with van der Waals surface area (Å²) in [5.41, 5.74) is 6.28. The summed E-state index contributed by atoms with van der Waals surface area (Å²) < 4.78 is 11.5. The monoisotopic (exact) mass is 326 g/mol. The van der Waals surface area contributed by atoms with Gasteiger partial charge in [-0.1, -0.05) is 0 Å². The number of rotatable bonds is 5. The van der Waals surface area contributed by atoms with Gasteiger partial charge < -0.3 is 20.5 Å². The minimum atomic E-state index is -0.494. The van der Waals surface area contributed by atoms with Crippen LogP contribution in [0.15, 0.2) is 16.6 Å². The van der Waals surface area contributed by atoms with E-state index in [1.807, 2.05) is 12.1 Å². The Kier molecular flexibility index (Phi) is 3.36. The van der Waals surface area contributed by atoms with Crippen molar-refractivity contribution < 1.29 is 14.3 Å². The highest BCUT2D eigenvalue weighted by Crippen LogP contribution is 2.41. The molecule has 1 atom stereocenters. The molecular formula is C13H15BrN2O3. The first-order valence-electron chi connectivity index (χ1n) is 6.27. The quantitative estimate of drug-likeness (QED) is 0.863. The van der Waals surface area contributed by atoms with Gasteiger partial charge in [0.2, 0.25) is 12.7 Å². The number of hydrogen-bond donors (Lipinski definition) is 2. The average molecular weight is 327 g/mol. The van der Waals surface area contributed by atoms with Crippen LogP contribution in [0.25, 0.3) is 0 Å².